The lowest BCUT2D eigenvalue weighted by molar-refractivity contribution is 0.0792. The molecule has 4 nitrogen and oxygen atoms in total. The van der Waals surface area contributed by atoms with Gasteiger partial charge in [0.25, 0.3) is 5.91 Å². The summed E-state index contributed by atoms with van der Waals surface area (Å²) in [7, 11) is 0. The molecule has 0 radical (unpaired) electrons. The first-order valence-electron chi connectivity index (χ1n) is 6.47. The summed E-state index contributed by atoms with van der Waals surface area (Å²) in [5.41, 5.74) is 2.65. The van der Waals surface area contributed by atoms with Crippen molar-refractivity contribution >= 4 is 11.6 Å². The van der Waals surface area contributed by atoms with E-state index in [1.54, 1.807) is 0 Å². The van der Waals surface area contributed by atoms with Crippen molar-refractivity contribution in [3.05, 3.63) is 29.3 Å². The maximum atomic E-state index is 12.3. The smallest absolute Gasteiger partial charge is 0.254 e. The van der Waals surface area contributed by atoms with Gasteiger partial charge in [0.05, 0.1) is 6.61 Å². The van der Waals surface area contributed by atoms with Gasteiger partial charge in [-0.05, 0) is 37.5 Å². The molecule has 0 aromatic heterocycles. The number of rotatable bonds is 4. The van der Waals surface area contributed by atoms with Crippen molar-refractivity contribution in [1.82, 2.24) is 4.90 Å². The van der Waals surface area contributed by atoms with Crippen LogP contribution >= 0.6 is 0 Å². The summed E-state index contributed by atoms with van der Waals surface area (Å²) < 4.78 is 0. The van der Waals surface area contributed by atoms with Crippen molar-refractivity contribution in [1.29, 1.82) is 0 Å². The molecule has 0 atom stereocenters. The Morgan fingerprint density at radius 1 is 1.39 bits per heavy atom. The molecule has 1 aliphatic heterocycles. The van der Waals surface area contributed by atoms with Gasteiger partial charge in [-0.2, -0.15) is 0 Å². The fourth-order valence-corrected chi connectivity index (χ4v) is 2.25. The van der Waals surface area contributed by atoms with Crippen molar-refractivity contribution in [2.24, 2.45) is 0 Å². The standard InChI is InChI=1S/C14H20N2O2/c1-11-4-5-12(15-6-9-17)10-13(11)14(18)16-7-2-3-8-16/h4-5,10,15,17H,2-3,6-9H2,1H3. The minimum atomic E-state index is 0.0866. The number of nitrogens with zero attached hydrogens (tertiary/aromatic N) is 1. The van der Waals surface area contributed by atoms with Crippen LogP contribution in [0.2, 0.25) is 0 Å². The van der Waals surface area contributed by atoms with Gasteiger partial charge in [0.2, 0.25) is 0 Å². The van der Waals surface area contributed by atoms with Crippen LogP contribution in [0, 0.1) is 6.92 Å². The van der Waals surface area contributed by atoms with Crippen LogP contribution in [-0.4, -0.2) is 42.2 Å². The number of amides is 1. The molecular weight excluding hydrogens is 228 g/mol. The number of nitrogens with one attached hydrogen (secondary N) is 1. The van der Waals surface area contributed by atoms with Crippen LogP contribution in [0.3, 0.4) is 0 Å². The second-order valence-corrected chi connectivity index (χ2v) is 4.68. The number of aliphatic hydroxyl groups is 1. The van der Waals surface area contributed by atoms with Gasteiger partial charge in [-0.25, -0.2) is 0 Å². The molecule has 1 aromatic carbocycles. The molecule has 4 heteroatoms. The second-order valence-electron chi connectivity index (χ2n) is 4.68. The minimum absolute atomic E-state index is 0.0866. The van der Waals surface area contributed by atoms with E-state index in [-0.39, 0.29) is 12.5 Å². The van der Waals surface area contributed by atoms with E-state index in [0.717, 1.165) is 42.7 Å². The summed E-state index contributed by atoms with van der Waals surface area (Å²) in [6.45, 7) is 4.28. The van der Waals surface area contributed by atoms with E-state index in [1.807, 2.05) is 30.0 Å². The molecule has 1 saturated heterocycles. The number of carbonyl (C=O) groups excluding carboxylic acids is 1. The third-order valence-electron chi connectivity index (χ3n) is 3.30. The molecule has 1 fully saturated rings. The van der Waals surface area contributed by atoms with Crippen LogP contribution in [0.15, 0.2) is 18.2 Å². The lowest BCUT2D eigenvalue weighted by Crippen LogP contribution is -2.28. The maximum absolute atomic E-state index is 12.3. The van der Waals surface area contributed by atoms with E-state index < -0.39 is 0 Å². The molecule has 0 saturated carbocycles. The molecule has 2 N–H and O–H groups in total. The Labute approximate surface area is 108 Å². The predicted octanol–water partition coefficient (Wildman–Crippen LogP) is 1.64. The van der Waals surface area contributed by atoms with E-state index in [4.69, 9.17) is 5.11 Å². The topological polar surface area (TPSA) is 52.6 Å². The first-order chi connectivity index (χ1) is 8.72. The average molecular weight is 248 g/mol. The van der Waals surface area contributed by atoms with E-state index in [0.29, 0.717) is 6.54 Å². The van der Waals surface area contributed by atoms with Crippen molar-refractivity contribution in [2.45, 2.75) is 19.8 Å². The van der Waals surface area contributed by atoms with Gasteiger partial charge in [-0.15, -0.1) is 0 Å². The average Bonchev–Trinajstić information content (AvgIpc) is 2.91. The van der Waals surface area contributed by atoms with Crippen molar-refractivity contribution in [3.63, 3.8) is 0 Å². The molecule has 0 spiro atoms. The zero-order chi connectivity index (χ0) is 13.0. The zero-order valence-electron chi connectivity index (χ0n) is 10.8. The van der Waals surface area contributed by atoms with E-state index in [1.165, 1.54) is 0 Å². The largest absolute Gasteiger partial charge is 0.395 e. The Kier molecular flexibility index (Phi) is 4.20. The van der Waals surface area contributed by atoms with Gasteiger partial charge in [0, 0.05) is 30.9 Å². The molecule has 0 aliphatic carbocycles. The number of carbonyl (C=O) groups is 1. The number of aryl methyl sites for hydroxylation is 1. The van der Waals surface area contributed by atoms with Crippen LogP contribution in [-0.2, 0) is 0 Å². The fraction of sp³-hybridized carbons (Fsp3) is 0.500. The summed E-state index contributed by atoms with van der Waals surface area (Å²) >= 11 is 0. The maximum Gasteiger partial charge on any atom is 0.254 e. The number of aliphatic hydroxyl groups excluding tert-OH is 1. The molecule has 0 bridgehead atoms. The van der Waals surface area contributed by atoms with Gasteiger partial charge in [0.1, 0.15) is 0 Å². The Hall–Kier alpha value is -1.55. The van der Waals surface area contributed by atoms with Crippen LogP contribution in [0.1, 0.15) is 28.8 Å². The lowest BCUT2D eigenvalue weighted by atomic mass is 10.1. The molecule has 1 heterocycles. The molecule has 0 unspecified atom stereocenters. The zero-order valence-corrected chi connectivity index (χ0v) is 10.8. The SMILES string of the molecule is Cc1ccc(NCCO)cc1C(=O)N1CCCC1. The molecule has 1 aliphatic rings. The quantitative estimate of drug-likeness (QED) is 0.851. The highest BCUT2D eigenvalue weighted by atomic mass is 16.3. The third-order valence-corrected chi connectivity index (χ3v) is 3.30. The number of likely N-dealkylation sites (tertiary alicyclic amines) is 1. The van der Waals surface area contributed by atoms with Crippen LogP contribution in [0.5, 0.6) is 0 Å². The number of benzene rings is 1. The predicted molar refractivity (Wildman–Crippen MR) is 71.9 cm³/mol. The summed E-state index contributed by atoms with van der Waals surface area (Å²) in [6, 6.07) is 5.76. The van der Waals surface area contributed by atoms with E-state index in [9.17, 15) is 4.79 Å². The number of hydrogen-bond donors (Lipinski definition) is 2. The van der Waals surface area contributed by atoms with Crippen molar-refractivity contribution in [3.8, 4) is 0 Å². The third kappa shape index (κ3) is 2.82. The summed E-state index contributed by atoms with van der Waals surface area (Å²) in [5.74, 6) is 0.123. The van der Waals surface area contributed by atoms with Gasteiger partial charge in [-0.3, -0.25) is 4.79 Å². The number of anilines is 1. The summed E-state index contributed by atoms with van der Waals surface area (Å²) in [5, 5.41) is 11.9. The monoisotopic (exact) mass is 248 g/mol. The number of hydrogen-bond acceptors (Lipinski definition) is 3. The minimum Gasteiger partial charge on any atom is -0.395 e. The van der Waals surface area contributed by atoms with E-state index in [2.05, 4.69) is 5.32 Å². The molecule has 1 amide bonds. The van der Waals surface area contributed by atoms with E-state index >= 15 is 0 Å². The Bertz CT molecular complexity index is 426. The Morgan fingerprint density at radius 3 is 2.78 bits per heavy atom. The molecule has 98 valence electrons. The van der Waals surface area contributed by atoms with Crippen LogP contribution in [0.25, 0.3) is 0 Å². The molecular formula is C14H20N2O2. The van der Waals surface area contributed by atoms with Gasteiger partial charge >= 0.3 is 0 Å². The molecule has 2 rings (SSSR count). The molecule has 18 heavy (non-hydrogen) atoms. The van der Waals surface area contributed by atoms with Gasteiger partial charge in [-0.1, -0.05) is 6.07 Å². The Balaban J connectivity index is 2.17. The van der Waals surface area contributed by atoms with Crippen LogP contribution < -0.4 is 5.32 Å². The van der Waals surface area contributed by atoms with Gasteiger partial charge in [0.15, 0.2) is 0 Å². The fourth-order valence-electron chi connectivity index (χ4n) is 2.25. The summed E-state index contributed by atoms with van der Waals surface area (Å²) in [4.78, 5) is 14.3. The highest BCUT2D eigenvalue weighted by Crippen LogP contribution is 2.19. The van der Waals surface area contributed by atoms with Crippen molar-refractivity contribution < 1.29 is 9.90 Å². The first kappa shape index (κ1) is 12.9. The summed E-state index contributed by atoms with van der Waals surface area (Å²) in [6.07, 6.45) is 2.21. The van der Waals surface area contributed by atoms with Crippen molar-refractivity contribution in [2.75, 3.05) is 31.6 Å². The highest BCUT2D eigenvalue weighted by Gasteiger charge is 2.20. The Morgan fingerprint density at radius 2 is 2.11 bits per heavy atom. The normalized spacial score (nSPS) is 14.9. The lowest BCUT2D eigenvalue weighted by Gasteiger charge is -2.17. The first-order valence-corrected chi connectivity index (χ1v) is 6.47. The van der Waals surface area contributed by atoms with Crippen LogP contribution in [0.4, 0.5) is 5.69 Å². The van der Waals surface area contributed by atoms with Gasteiger partial charge < -0.3 is 15.3 Å². The molecule has 1 aromatic rings. The second kappa shape index (κ2) is 5.87. The highest BCUT2D eigenvalue weighted by molar-refractivity contribution is 5.96.